The molecule has 6 rings (SSSR count). The van der Waals surface area contributed by atoms with Gasteiger partial charge in [-0.1, -0.05) is 13.0 Å². The van der Waals surface area contributed by atoms with Crippen molar-refractivity contribution in [2.45, 2.75) is 63.9 Å². The van der Waals surface area contributed by atoms with Crippen molar-refractivity contribution in [2.75, 3.05) is 13.2 Å². The Bertz CT molecular complexity index is 809. The number of rotatable bonds is 1. The van der Waals surface area contributed by atoms with Crippen LogP contribution in [0.2, 0.25) is 0 Å². The van der Waals surface area contributed by atoms with Crippen LogP contribution in [0.25, 0.3) is 0 Å². The molecule has 0 N–H and O–H groups in total. The summed E-state index contributed by atoms with van der Waals surface area (Å²) < 4.78 is 12.0. The molecule has 4 fully saturated rings. The molecule has 0 amide bonds. The maximum Gasteiger partial charge on any atom is 0.331 e. The Morgan fingerprint density at radius 2 is 2.04 bits per heavy atom. The molecule has 4 heteroatoms. The van der Waals surface area contributed by atoms with Crippen molar-refractivity contribution in [1.29, 1.82) is 0 Å². The Hall–Kier alpha value is -1.42. The third-order valence-electron chi connectivity index (χ3n) is 9.36. The van der Waals surface area contributed by atoms with Crippen molar-refractivity contribution in [3.05, 3.63) is 23.3 Å². The number of Topliss-reactive ketones (excluding diaryl/α,β-unsaturated/α-hetero) is 1. The Labute approximate surface area is 160 Å². The number of hydrogen-bond acceptors (Lipinski definition) is 4. The van der Waals surface area contributed by atoms with Crippen LogP contribution in [0, 0.1) is 28.6 Å². The predicted octanol–water partition coefficient (Wildman–Crippen LogP) is 3.75. The first-order chi connectivity index (χ1) is 13.0. The number of allylic oxidation sites excluding steroid dienone is 1. The molecular weight excluding hydrogens is 340 g/mol. The molecule has 2 heterocycles. The molecule has 3 saturated carbocycles. The molecule has 1 saturated heterocycles. The van der Waals surface area contributed by atoms with E-state index in [0.717, 1.165) is 51.6 Å². The minimum absolute atomic E-state index is 0.0825. The lowest BCUT2D eigenvalue weighted by molar-refractivity contribution is -0.135. The van der Waals surface area contributed by atoms with Crippen molar-refractivity contribution in [2.24, 2.45) is 28.6 Å². The van der Waals surface area contributed by atoms with Crippen LogP contribution in [0.4, 0.5) is 0 Å². The van der Waals surface area contributed by atoms with Gasteiger partial charge in [0.25, 0.3) is 0 Å². The van der Waals surface area contributed by atoms with Gasteiger partial charge >= 0.3 is 5.97 Å². The monoisotopic (exact) mass is 368 g/mol. The maximum atomic E-state index is 12.1. The Morgan fingerprint density at radius 3 is 2.85 bits per heavy atom. The highest BCUT2D eigenvalue weighted by Gasteiger charge is 2.70. The number of esters is 1. The smallest absolute Gasteiger partial charge is 0.331 e. The van der Waals surface area contributed by atoms with Crippen molar-refractivity contribution in [3.63, 3.8) is 0 Å². The number of hydrogen-bond donors (Lipinski definition) is 0. The molecule has 0 radical (unpaired) electrons. The van der Waals surface area contributed by atoms with Gasteiger partial charge in [0.15, 0.2) is 0 Å². The molecule has 6 aliphatic rings. The molecule has 0 aromatic rings. The number of carbonyl (C=O) groups excluding carboxylic acids is 2. The van der Waals surface area contributed by atoms with Gasteiger partial charge in [0.2, 0.25) is 0 Å². The highest BCUT2D eigenvalue weighted by Crippen LogP contribution is 2.72. The van der Waals surface area contributed by atoms with Gasteiger partial charge in [-0.2, -0.15) is 0 Å². The van der Waals surface area contributed by atoms with Gasteiger partial charge in [-0.05, 0) is 72.8 Å². The lowest BCUT2D eigenvalue weighted by Gasteiger charge is -2.58. The van der Waals surface area contributed by atoms with E-state index in [1.165, 1.54) is 17.6 Å². The summed E-state index contributed by atoms with van der Waals surface area (Å²) in [7, 11) is 0. The first-order valence-electron chi connectivity index (χ1n) is 10.7. The molecule has 6 atom stereocenters. The SMILES string of the molecule is C[C@]12CC[C@@H]3[C@@]45CCC(=O)C[C@@H]4CC[C@@]3(OC5)C1=CC[C@@H]2C1=CC(=O)OC1. The first-order valence-corrected chi connectivity index (χ1v) is 10.7. The van der Waals surface area contributed by atoms with Crippen LogP contribution in [0.5, 0.6) is 0 Å². The Kier molecular flexibility index (Phi) is 3.14. The molecule has 0 unspecified atom stereocenters. The van der Waals surface area contributed by atoms with Gasteiger partial charge in [-0.25, -0.2) is 4.79 Å². The number of ether oxygens (including phenoxy) is 2. The second-order valence-electron chi connectivity index (χ2n) is 10.1. The number of fused-ring (bicyclic) bond motifs is 1. The minimum atomic E-state index is -0.183. The fourth-order valence-corrected chi connectivity index (χ4v) is 8.16. The topological polar surface area (TPSA) is 52.6 Å². The van der Waals surface area contributed by atoms with Gasteiger partial charge in [0.05, 0.1) is 12.2 Å². The van der Waals surface area contributed by atoms with Crippen molar-refractivity contribution in [1.82, 2.24) is 0 Å². The van der Waals surface area contributed by atoms with Crippen LogP contribution in [0.1, 0.15) is 58.3 Å². The van der Waals surface area contributed by atoms with E-state index in [0.29, 0.717) is 30.1 Å². The highest BCUT2D eigenvalue weighted by atomic mass is 16.5. The summed E-state index contributed by atoms with van der Waals surface area (Å²) in [5.74, 6) is 1.76. The maximum absolute atomic E-state index is 12.1. The molecule has 2 aliphatic heterocycles. The summed E-state index contributed by atoms with van der Waals surface area (Å²) >= 11 is 0. The van der Waals surface area contributed by atoms with E-state index in [4.69, 9.17) is 9.47 Å². The largest absolute Gasteiger partial charge is 0.458 e. The van der Waals surface area contributed by atoms with E-state index in [1.807, 2.05) is 0 Å². The van der Waals surface area contributed by atoms with Crippen LogP contribution in [0.3, 0.4) is 0 Å². The van der Waals surface area contributed by atoms with Gasteiger partial charge in [-0.15, -0.1) is 0 Å². The van der Waals surface area contributed by atoms with Gasteiger partial charge in [0, 0.05) is 24.3 Å². The highest BCUT2D eigenvalue weighted by molar-refractivity contribution is 5.85. The molecule has 144 valence electrons. The van der Waals surface area contributed by atoms with Crippen LogP contribution in [-0.2, 0) is 19.1 Å². The van der Waals surface area contributed by atoms with Crippen LogP contribution >= 0.6 is 0 Å². The lowest BCUT2D eigenvalue weighted by atomic mass is 9.45. The summed E-state index contributed by atoms with van der Waals surface area (Å²) in [6.45, 7) is 3.71. The van der Waals surface area contributed by atoms with E-state index < -0.39 is 0 Å². The van der Waals surface area contributed by atoms with E-state index in [2.05, 4.69) is 13.0 Å². The van der Waals surface area contributed by atoms with Gasteiger partial charge < -0.3 is 9.47 Å². The van der Waals surface area contributed by atoms with Crippen LogP contribution in [-0.4, -0.2) is 30.6 Å². The molecule has 4 aliphatic carbocycles. The van der Waals surface area contributed by atoms with Gasteiger partial charge in [-0.3, -0.25) is 4.79 Å². The van der Waals surface area contributed by atoms with Crippen molar-refractivity contribution in [3.8, 4) is 0 Å². The number of ketones is 1. The normalized spacial score (nSPS) is 50.5. The third kappa shape index (κ3) is 1.88. The van der Waals surface area contributed by atoms with E-state index in [9.17, 15) is 9.59 Å². The molecule has 4 nitrogen and oxygen atoms in total. The van der Waals surface area contributed by atoms with Crippen LogP contribution < -0.4 is 0 Å². The molecule has 27 heavy (non-hydrogen) atoms. The first kappa shape index (κ1) is 16.5. The second kappa shape index (κ2) is 5.14. The Morgan fingerprint density at radius 1 is 1.15 bits per heavy atom. The summed E-state index contributed by atoms with van der Waals surface area (Å²) in [6.07, 6.45) is 12.3. The quantitative estimate of drug-likeness (QED) is 0.522. The van der Waals surface area contributed by atoms with E-state index in [-0.39, 0.29) is 22.4 Å². The van der Waals surface area contributed by atoms with E-state index in [1.54, 1.807) is 6.08 Å². The van der Waals surface area contributed by atoms with E-state index >= 15 is 0 Å². The molecule has 0 aromatic carbocycles. The van der Waals surface area contributed by atoms with Crippen LogP contribution in [0.15, 0.2) is 23.3 Å². The average molecular weight is 368 g/mol. The fraction of sp³-hybridized carbons (Fsp3) is 0.739. The number of cyclic esters (lactones) is 1. The predicted molar refractivity (Wildman–Crippen MR) is 98.8 cm³/mol. The summed E-state index contributed by atoms with van der Waals surface area (Å²) in [4.78, 5) is 23.7. The molecule has 0 aromatic heterocycles. The fourth-order valence-electron chi connectivity index (χ4n) is 8.16. The zero-order valence-corrected chi connectivity index (χ0v) is 16.1. The summed E-state index contributed by atoms with van der Waals surface area (Å²) in [5, 5.41) is 0. The molecule has 2 bridgehead atoms. The summed E-state index contributed by atoms with van der Waals surface area (Å²) in [6, 6.07) is 0. The summed E-state index contributed by atoms with van der Waals surface area (Å²) in [5.41, 5.74) is 2.90. The number of carbonyl (C=O) groups is 2. The Balaban J connectivity index is 1.38. The van der Waals surface area contributed by atoms with Gasteiger partial charge in [0.1, 0.15) is 12.4 Å². The lowest BCUT2D eigenvalue weighted by Crippen LogP contribution is -2.57. The standard InChI is InChI=1S/C23H28O4/c1-21-7-6-19-22-8-5-16(24)11-15(22)4-9-23(19,27-13-22)18(21)3-2-17(21)14-10-20(25)26-12-14/h3,10,15,17,19H,2,4-9,11-13H2,1H3/t15-,17+,19+,21+,22+,23+/m0/s1. The van der Waals surface area contributed by atoms with Crippen molar-refractivity contribution < 1.29 is 19.1 Å². The van der Waals surface area contributed by atoms with Crippen molar-refractivity contribution >= 4 is 11.8 Å². The average Bonchev–Trinajstić information content (AvgIpc) is 3.28. The molecule has 1 spiro atoms. The third-order valence-corrected chi connectivity index (χ3v) is 9.36. The zero-order chi connectivity index (χ0) is 18.4. The zero-order valence-electron chi connectivity index (χ0n) is 16.1. The molecular formula is C23H28O4. The second-order valence-corrected chi connectivity index (χ2v) is 10.1. The minimum Gasteiger partial charge on any atom is -0.458 e.